The molecule has 0 heterocycles. The summed E-state index contributed by atoms with van der Waals surface area (Å²) in [5, 5.41) is 0. The predicted octanol–water partition coefficient (Wildman–Crippen LogP) is 2.04. The van der Waals surface area contributed by atoms with Gasteiger partial charge in [0.25, 0.3) is 0 Å². The Morgan fingerprint density at radius 1 is 1.33 bits per heavy atom. The average molecular weight is 166 g/mol. The van der Waals surface area contributed by atoms with Gasteiger partial charge in [0.15, 0.2) is 6.29 Å². The van der Waals surface area contributed by atoms with Crippen LogP contribution in [-0.4, -0.2) is 19.5 Å². The fourth-order valence-electron chi connectivity index (χ4n) is 1.02. The van der Waals surface area contributed by atoms with Crippen molar-refractivity contribution >= 4 is 0 Å². The van der Waals surface area contributed by atoms with Gasteiger partial charge in [0.2, 0.25) is 0 Å². The lowest BCUT2D eigenvalue weighted by Gasteiger charge is -2.15. The first-order valence-electron chi connectivity index (χ1n) is 4.25. The molecule has 0 aromatic heterocycles. The molecule has 0 saturated heterocycles. The molecule has 12 heavy (non-hydrogen) atoms. The summed E-state index contributed by atoms with van der Waals surface area (Å²) in [7, 11) is 0. The SMILES string of the molecule is CCOC(OCC)C1=C=CC=C1. The molecule has 0 saturated carbocycles. The topological polar surface area (TPSA) is 18.5 Å². The van der Waals surface area contributed by atoms with Gasteiger partial charge in [0, 0.05) is 18.8 Å². The molecule has 0 unspecified atom stereocenters. The monoisotopic (exact) mass is 166 g/mol. The van der Waals surface area contributed by atoms with Crippen molar-refractivity contribution in [3.63, 3.8) is 0 Å². The van der Waals surface area contributed by atoms with Gasteiger partial charge in [-0.3, -0.25) is 0 Å². The van der Waals surface area contributed by atoms with E-state index < -0.39 is 0 Å². The molecule has 0 atom stereocenters. The molecule has 1 aliphatic rings. The van der Waals surface area contributed by atoms with Crippen molar-refractivity contribution in [3.05, 3.63) is 29.5 Å². The second kappa shape index (κ2) is 4.94. The highest BCUT2D eigenvalue weighted by Gasteiger charge is 2.12. The van der Waals surface area contributed by atoms with Crippen LogP contribution in [0.2, 0.25) is 0 Å². The van der Waals surface area contributed by atoms with Crippen molar-refractivity contribution in [3.8, 4) is 0 Å². The Bertz CT molecular complexity index is 216. The quantitative estimate of drug-likeness (QED) is 0.459. The van der Waals surface area contributed by atoms with Crippen LogP contribution in [0.5, 0.6) is 0 Å². The third kappa shape index (κ3) is 2.35. The summed E-state index contributed by atoms with van der Waals surface area (Å²) < 4.78 is 10.7. The van der Waals surface area contributed by atoms with Gasteiger partial charge in [-0.2, -0.15) is 0 Å². The molecule has 66 valence electrons. The summed E-state index contributed by atoms with van der Waals surface area (Å²) in [4.78, 5) is 0. The highest BCUT2D eigenvalue weighted by atomic mass is 16.7. The van der Waals surface area contributed by atoms with Crippen molar-refractivity contribution in [1.29, 1.82) is 0 Å². The lowest BCUT2D eigenvalue weighted by Crippen LogP contribution is -2.18. The molecule has 0 spiro atoms. The van der Waals surface area contributed by atoms with Crippen LogP contribution in [0.3, 0.4) is 0 Å². The van der Waals surface area contributed by atoms with Crippen LogP contribution in [0.25, 0.3) is 0 Å². The zero-order valence-corrected chi connectivity index (χ0v) is 7.54. The Morgan fingerprint density at radius 2 is 2.00 bits per heavy atom. The number of hydrogen-bond donors (Lipinski definition) is 0. The summed E-state index contributed by atoms with van der Waals surface area (Å²) in [5.74, 6) is 0. The van der Waals surface area contributed by atoms with E-state index in [1.165, 1.54) is 0 Å². The van der Waals surface area contributed by atoms with Crippen LogP contribution in [0.15, 0.2) is 29.5 Å². The van der Waals surface area contributed by atoms with Gasteiger partial charge >= 0.3 is 0 Å². The van der Waals surface area contributed by atoms with Gasteiger partial charge in [0.1, 0.15) is 0 Å². The van der Waals surface area contributed by atoms with Gasteiger partial charge in [-0.15, -0.1) is 5.73 Å². The van der Waals surface area contributed by atoms with Crippen LogP contribution in [-0.2, 0) is 9.47 Å². The molecule has 0 amide bonds. The Kier molecular flexibility index (Phi) is 3.81. The fourth-order valence-corrected chi connectivity index (χ4v) is 1.02. The minimum Gasteiger partial charge on any atom is -0.348 e. The zero-order valence-electron chi connectivity index (χ0n) is 7.54. The van der Waals surface area contributed by atoms with Crippen molar-refractivity contribution in [2.75, 3.05) is 13.2 Å². The molecule has 0 fully saturated rings. The van der Waals surface area contributed by atoms with E-state index in [1.807, 2.05) is 32.1 Å². The molecule has 0 aromatic carbocycles. The van der Waals surface area contributed by atoms with Crippen LogP contribution < -0.4 is 0 Å². The molecule has 1 aliphatic carbocycles. The Balaban J connectivity index is 2.53. The van der Waals surface area contributed by atoms with E-state index in [-0.39, 0.29) is 6.29 Å². The predicted molar refractivity (Wildman–Crippen MR) is 47.8 cm³/mol. The summed E-state index contributed by atoms with van der Waals surface area (Å²) in [6, 6.07) is 0. The molecule has 1 rings (SSSR count). The number of allylic oxidation sites excluding steroid dienone is 1. The average Bonchev–Trinajstić information content (AvgIpc) is 2.56. The van der Waals surface area contributed by atoms with E-state index >= 15 is 0 Å². The van der Waals surface area contributed by atoms with E-state index in [9.17, 15) is 0 Å². The highest BCUT2D eigenvalue weighted by molar-refractivity contribution is 5.30. The molecule has 0 radical (unpaired) electrons. The summed E-state index contributed by atoms with van der Waals surface area (Å²) in [6.07, 6.45) is 5.51. The maximum absolute atomic E-state index is 5.37. The number of hydrogen-bond acceptors (Lipinski definition) is 2. The summed E-state index contributed by atoms with van der Waals surface area (Å²) in [6.45, 7) is 5.22. The van der Waals surface area contributed by atoms with Gasteiger partial charge in [-0.1, -0.05) is 6.08 Å². The molecule has 0 bridgehead atoms. The van der Waals surface area contributed by atoms with Gasteiger partial charge in [-0.25, -0.2) is 0 Å². The van der Waals surface area contributed by atoms with E-state index in [2.05, 4.69) is 5.73 Å². The first kappa shape index (κ1) is 9.27. The maximum atomic E-state index is 5.37. The lowest BCUT2D eigenvalue weighted by atomic mass is 10.3. The van der Waals surface area contributed by atoms with E-state index in [1.54, 1.807) is 0 Å². The third-order valence-corrected chi connectivity index (χ3v) is 1.51. The first-order chi connectivity index (χ1) is 5.88. The summed E-state index contributed by atoms with van der Waals surface area (Å²) in [5.41, 5.74) is 4.03. The van der Waals surface area contributed by atoms with Gasteiger partial charge in [0.05, 0.1) is 0 Å². The zero-order chi connectivity index (χ0) is 8.81. The van der Waals surface area contributed by atoms with Crippen LogP contribution in [0.1, 0.15) is 13.8 Å². The summed E-state index contributed by atoms with van der Waals surface area (Å²) >= 11 is 0. The van der Waals surface area contributed by atoms with Gasteiger partial charge < -0.3 is 9.47 Å². The Labute approximate surface area is 73.2 Å². The number of ether oxygens (including phenoxy) is 2. The second-order valence-corrected chi connectivity index (χ2v) is 2.37. The maximum Gasteiger partial charge on any atom is 0.190 e. The minimum absolute atomic E-state index is 0.241. The van der Waals surface area contributed by atoms with Crippen LogP contribution in [0.4, 0.5) is 0 Å². The Hall–Kier alpha value is -0.820. The molecular formula is C10H14O2. The van der Waals surface area contributed by atoms with Crippen molar-refractivity contribution in [2.24, 2.45) is 0 Å². The first-order valence-corrected chi connectivity index (χ1v) is 4.25. The van der Waals surface area contributed by atoms with E-state index in [0.29, 0.717) is 13.2 Å². The van der Waals surface area contributed by atoms with Crippen LogP contribution >= 0.6 is 0 Å². The van der Waals surface area contributed by atoms with Crippen molar-refractivity contribution in [2.45, 2.75) is 20.1 Å². The Morgan fingerprint density at radius 3 is 2.42 bits per heavy atom. The van der Waals surface area contributed by atoms with Crippen molar-refractivity contribution < 1.29 is 9.47 Å². The smallest absolute Gasteiger partial charge is 0.190 e. The molecule has 2 nitrogen and oxygen atoms in total. The molecule has 0 aromatic rings. The third-order valence-electron chi connectivity index (χ3n) is 1.51. The van der Waals surface area contributed by atoms with Gasteiger partial charge in [-0.05, 0) is 26.0 Å². The molecule has 2 heteroatoms. The molecule has 0 aliphatic heterocycles. The van der Waals surface area contributed by atoms with Crippen LogP contribution in [0, 0.1) is 0 Å². The van der Waals surface area contributed by atoms with E-state index in [0.717, 1.165) is 5.57 Å². The minimum atomic E-state index is -0.241. The molecule has 0 N–H and O–H groups in total. The van der Waals surface area contributed by atoms with Crippen molar-refractivity contribution in [1.82, 2.24) is 0 Å². The second-order valence-electron chi connectivity index (χ2n) is 2.37. The highest BCUT2D eigenvalue weighted by Crippen LogP contribution is 2.12. The standard InChI is InChI=1S/C10H14O2/c1-3-11-10(12-4-2)9-7-5-6-8-9/h5-7,10H,3-4H2,1-2H3. The number of rotatable bonds is 5. The largest absolute Gasteiger partial charge is 0.348 e. The normalized spacial score (nSPS) is 14.4. The molecular weight excluding hydrogens is 152 g/mol. The lowest BCUT2D eigenvalue weighted by molar-refractivity contribution is -0.109. The fraction of sp³-hybridized carbons (Fsp3) is 0.500. The van der Waals surface area contributed by atoms with E-state index in [4.69, 9.17) is 9.47 Å².